The summed E-state index contributed by atoms with van der Waals surface area (Å²) in [6.45, 7) is 3.84. The Bertz CT molecular complexity index is 632. The minimum Gasteiger partial charge on any atom is -0.339 e. The summed E-state index contributed by atoms with van der Waals surface area (Å²) in [6.07, 6.45) is 0.699. The first-order valence-electron chi connectivity index (χ1n) is 6.11. The second-order valence-electron chi connectivity index (χ2n) is 4.21. The van der Waals surface area contributed by atoms with Crippen molar-refractivity contribution in [1.82, 2.24) is 9.97 Å². The van der Waals surface area contributed by atoms with Crippen LogP contribution in [0.4, 0.5) is 21.7 Å². The number of hydrogen-bond acceptors (Lipinski definition) is 5. The van der Waals surface area contributed by atoms with Crippen molar-refractivity contribution in [2.24, 2.45) is 5.84 Å². The molecule has 0 radical (unpaired) electrons. The lowest BCUT2D eigenvalue weighted by atomic mass is 10.2. The maximum absolute atomic E-state index is 13.1. The molecule has 1 heterocycles. The predicted molar refractivity (Wildman–Crippen MR) is 86.4 cm³/mol. The number of halogens is 2. The number of hydrogen-bond donors (Lipinski definition) is 3. The average Bonchev–Trinajstić information content (AvgIpc) is 2.43. The predicted octanol–water partition coefficient (Wildman–Crippen LogP) is 3.12. The summed E-state index contributed by atoms with van der Waals surface area (Å²) in [5.74, 6) is 7.13. The van der Waals surface area contributed by atoms with Crippen molar-refractivity contribution < 1.29 is 4.39 Å². The molecule has 2 rings (SSSR count). The van der Waals surface area contributed by atoms with Gasteiger partial charge in [0.25, 0.3) is 0 Å². The van der Waals surface area contributed by atoms with Gasteiger partial charge >= 0.3 is 0 Å². The maximum atomic E-state index is 13.1. The maximum Gasteiger partial charge on any atom is 0.148 e. The molecule has 0 unspecified atom stereocenters. The molecule has 0 spiro atoms. The van der Waals surface area contributed by atoms with Gasteiger partial charge in [0.15, 0.2) is 0 Å². The molecule has 0 atom stereocenters. The fourth-order valence-corrected chi connectivity index (χ4v) is 2.31. The summed E-state index contributed by atoms with van der Waals surface area (Å²) in [6, 6.07) is 4.55. The van der Waals surface area contributed by atoms with Gasteiger partial charge in [-0.2, -0.15) is 0 Å². The second-order valence-corrected chi connectivity index (χ2v) is 5.37. The molecular weight excluding hydrogens is 372 g/mol. The zero-order valence-electron chi connectivity index (χ0n) is 11.2. The van der Waals surface area contributed by atoms with E-state index in [2.05, 4.69) is 43.3 Å². The van der Waals surface area contributed by atoms with Crippen molar-refractivity contribution in [2.45, 2.75) is 20.3 Å². The van der Waals surface area contributed by atoms with E-state index in [1.807, 2.05) is 13.8 Å². The van der Waals surface area contributed by atoms with Gasteiger partial charge in [-0.25, -0.2) is 20.2 Å². The zero-order valence-corrected chi connectivity index (χ0v) is 13.3. The number of nitrogen functional groups attached to an aromatic ring is 1. The Balaban J connectivity index is 2.42. The van der Waals surface area contributed by atoms with E-state index in [0.717, 1.165) is 14.8 Å². The van der Waals surface area contributed by atoms with Crippen molar-refractivity contribution in [3.05, 3.63) is 39.0 Å². The van der Waals surface area contributed by atoms with Gasteiger partial charge in [-0.05, 0) is 47.7 Å². The molecule has 20 heavy (non-hydrogen) atoms. The molecule has 0 amide bonds. The van der Waals surface area contributed by atoms with Crippen molar-refractivity contribution in [2.75, 3.05) is 10.7 Å². The van der Waals surface area contributed by atoms with Crippen LogP contribution in [0.5, 0.6) is 0 Å². The molecule has 0 aliphatic rings. The first-order chi connectivity index (χ1) is 9.55. The minimum absolute atomic E-state index is 0.266. The Morgan fingerprint density at radius 1 is 1.30 bits per heavy atom. The smallest absolute Gasteiger partial charge is 0.148 e. The van der Waals surface area contributed by atoms with Crippen molar-refractivity contribution in [3.8, 4) is 0 Å². The normalized spacial score (nSPS) is 10.4. The quantitative estimate of drug-likeness (QED) is 0.427. The first-order valence-corrected chi connectivity index (χ1v) is 7.19. The van der Waals surface area contributed by atoms with E-state index >= 15 is 0 Å². The van der Waals surface area contributed by atoms with E-state index in [9.17, 15) is 4.39 Å². The SMILES string of the molecule is CCc1nc(NN)c(C)c(Nc2ccc(F)cc2I)n1. The number of nitrogens with one attached hydrogen (secondary N) is 2. The monoisotopic (exact) mass is 387 g/mol. The molecule has 0 fully saturated rings. The van der Waals surface area contributed by atoms with Crippen LogP contribution in [0.3, 0.4) is 0 Å². The highest BCUT2D eigenvalue weighted by molar-refractivity contribution is 14.1. The van der Waals surface area contributed by atoms with Gasteiger partial charge in [0.1, 0.15) is 23.3 Å². The summed E-state index contributed by atoms with van der Waals surface area (Å²) < 4.78 is 13.9. The van der Waals surface area contributed by atoms with Gasteiger partial charge in [0, 0.05) is 15.6 Å². The summed E-state index contributed by atoms with van der Waals surface area (Å²) in [5, 5.41) is 3.20. The van der Waals surface area contributed by atoms with Gasteiger partial charge in [0.2, 0.25) is 0 Å². The molecule has 106 valence electrons. The van der Waals surface area contributed by atoms with Crippen LogP contribution < -0.4 is 16.6 Å². The molecule has 0 bridgehead atoms. The summed E-state index contributed by atoms with van der Waals surface area (Å²) in [7, 11) is 0. The zero-order chi connectivity index (χ0) is 14.7. The van der Waals surface area contributed by atoms with Crippen LogP contribution in [-0.4, -0.2) is 9.97 Å². The molecule has 0 aliphatic carbocycles. The topological polar surface area (TPSA) is 75.9 Å². The highest BCUT2D eigenvalue weighted by atomic mass is 127. The van der Waals surface area contributed by atoms with Crippen LogP contribution >= 0.6 is 22.6 Å². The number of aromatic nitrogens is 2. The van der Waals surface area contributed by atoms with Crippen LogP contribution in [0.25, 0.3) is 0 Å². The highest BCUT2D eigenvalue weighted by Gasteiger charge is 2.11. The number of hydrazine groups is 1. The Morgan fingerprint density at radius 2 is 2.00 bits per heavy atom. The third-order valence-electron chi connectivity index (χ3n) is 2.83. The van der Waals surface area contributed by atoms with E-state index in [0.29, 0.717) is 23.9 Å². The van der Waals surface area contributed by atoms with Crippen LogP contribution in [-0.2, 0) is 6.42 Å². The molecule has 0 saturated heterocycles. The molecule has 2 aromatic rings. The van der Waals surface area contributed by atoms with Crippen LogP contribution in [0.2, 0.25) is 0 Å². The van der Waals surface area contributed by atoms with E-state index in [4.69, 9.17) is 5.84 Å². The fraction of sp³-hybridized carbons (Fsp3) is 0.231. The first kappa shape index (κ1) is 14.9. The Kier molecular flexibility index (Phi) is 4.71. The molecular formula is C13H15FIN5. The largest absolute Gasteiger partial charge is 0.339 e. The molecule has 7 heteroatoms. The van der Waals surface area contributed by atoms with E-state index in [-0.39, 0.29) is 5.82 Å². The summed E-state index contributed by atoms with van der Waals surface area (Å²) >= 11 is 2.07. The van der Waals surface area contributed by atoms with Crippen LogP contribution in [0.15, 0.2) is 18.2 Å². The third kappa shape index (κ3) is 3.15. The Morgan fingerprint density at radius 3 is 2.60 bits per heavy atom. The average molecular weight is 387 g/mol. The summed E-state index contributed by atoms with van der Waals surface area (Å²) in [5.41, 5.74) is 4.17. The van der Waals surface area contributed by atoms with Gasteiger partial charge < -0.3 is 10.7 Å². The number of aryl methyl sites for hydroxylation is 1. The Hall–Kier alpha value is -1.48. The number of anilines is 3. The fourth-order valence-electron chi connectivity index (χ4n) is 1.70. The second kappa shape index (κ2) is 6.31. The van der Waals surface area contributed by atoms with Gasteiger partial charge in [-0.3, -0.25) is 0 Å². The molecule has 4 N–H and O–H groups in total. The lowest BCUT2D eigenvalue weighted by Crippen LogP contribution is -2.14. The Labute approximate surface area is 130 Å². The van der Waals surface area contributed by atoms with E-state index in [1.165, 1.54) is 12.1 Å². The van der Waals surface area contributed by atoms with Crippen molar-refractivity contribution in [1.29, 1.82) is 0 Å². The molecule has 1 aromatic carbocycles. The molecule has 0 aliphatic heterocycles. The molecule has 1 aromatic heterocycles. The van der Waals surface area contributed by atoms with Crippen LogP contribution in [0.1, 0.15) is 18.3 Å². The number of nitrogens with zero attached hydrogens (tertiary/aromatic N) is 2. The van der Waals surface area contributed by atoms with Crippen molar-refractivity contribution in [3.63, 3.8) is 0 Å². The van der Waals surface area contributed by atoms with Gasteiger partial charge in [0.05, 0.1) is 5.69 Å². The lowest BCUT2D eigenvalue weighted by Gasteiger charge is -2.14. The highest BCUT2D eigenvalue weighted by Crippen LogP contribution is 2.26. The summed E-state index contributed by atoms with van der Waals surface area (Å²) in [4.78, 5) is 8.74. The van der Waals surface area contributed by atoms with E-state index in [1.54, 1.807) is 6.07 Å². The lowest BCUT2D eigenvalue weighted by molar-refractivity contribution is 0.627. The van der Waals surface area contributed by atoms with Gasteiger partial charge in [-0.15, -0.1) is 0 Å². The molecule has 0 saturated carbocycles. The van der Waals surface area contributed by atoms with Crippen LogP contribution in [0, 0.1) is 16.3 Å². The third-order valence-corrected chi connectivity index (χ3v) is 3.72. The standard InChI is InChI=1S/C13H15FIN5/c1-3-11-18-12(7(2)13(19-11)20-16)17-10-5-4-8(14)6-9(10)15/h4-6H,3,16H2,1-2H3,(H2,17,18,19,20). The minimum atomic E-state index is -0.266. The number of rotatable bonds is 4. The van der Waals surface area contributed by atoms with Gasteiger partial charge in [-0.1, -0.05) is 6.92 Å². The molecule has 5 nitrogen and oxygen atoms in total. The van der Waals surface area contributed by atoms with Crippen molar-refractivity contribution >= 4 is 39.9 Å². The number of benzene rings is 1. The number of nitrogens with two attached hydrogens (primary N) is 1. The van der Waals surface area contributed by atoms with E-state index < -0.39 is 0 Å².